The summed E-state index contributed by atoms with van der Waals surface area (Å²) < 4.78 is 7.18. The Morgan fingerprint density at radius 1 is 1.29 bits per heavy atom. The summed E-state index contributed by atoms with van der Waals surface area (Å²) >= 11 is 0. The van der Waals surface area contributed by atoms with E-state index in [9.17, 15) is 0 Å². The molecule has 108 valence electrons. The Kier molecular flexibility index (Phi) is 3.48. The molecule has 0 aliphatic carbocycles. The molecule has 0 saturated heterocycles. The summed E-state index contributed by atoms with van der Waals surface area (Å²) in [6.07, 6.45) is 5.69. The fourth-order valence-corrected chi connectivity index (χ4v) is 2.42. The molecule has 21 heavy (non-hydrogen) atoms. The molecule has 3 aromatic rings. The molecular weight excluding hydrogens is 264 g/mol. The van der Waals surface area contributed by atoms with Crippen LogP contribution in [0.3, 0.4) is 0 Å². The van der Waals surface area contributed by atoms with Crippen molar-refractivity contribution in [1.82, 2.24) is 14.8 Å². The van der Waals surface area contributed by atoms with Crippen LogP contribution in [0.15, 0.2) is 42.9 Å². The van der Waals surface area contributed by atoms with Crippen molar-refractivity contribution in [1.29, 1.82) is 0 Å². The standard InChI is InChI=1S/C16H18N4O/c1-11(12-9-18-20(2)10-12)19-14-7-8-17-16-13(14)5-4-6-15(16)21-3/h4-11H,1-3H3,(H,17,19)/t11-/m1/s1. The quantitative estimate of drug-likeness (QED) is 0.798. The molecule has 1 atom stereocenters. The molecule has 0 fully saturated rings. The molecule has 2 heterocycles. The van der Waals surface area contributed by atoms with Crippen LogP contribution in [-0.4, -0.2) is 21.9 Å². The van der Waals surface area contributed by atoms with Crippen molar-refractivity contribution < 1.29 is 4.74 Å². The van der Waals surface area contributed by atoms with Gasteiger partial charge in [0.2, 0.25) is 0 Å². The highest BCUT2D eigenvalue weighted by atomic mass is 16.5. The highest BCUT2D eigenvalue weighted by Crippen LogP contribution is 2.30. The number of para-hydroxylation sites is 1. The molecule has 0 bridgehead atoms. The number of fused-ring (bicyclic) bond motifs is 1. The normalized spacial score (nSPS) is 12.3. The first-order valence-electron chi connectivity index (χ1n) is 6.86. The lowest BCUT2D eigenvalue weighted by Crippen LogP contribution is -2.06. The monoisotopic (exact) mass is 282 g/mol. The molecule has 0 aliphatic heterocycles. The molecule has 0 radical (unpaired) electrons. The van der Waals surface area contributed by atoms with Gasteiger partial charge in [-0.1, -0.05) is 12.1 Å². The molecule has 0 saturated carbocycles. The molecule has 0 aliphatic rings. The van der Waals surface area contributed by atoms with E-state index in [4.69, 9.17) is 4.74 Å². The lowest BCUT2D eigenvalue weighted by atomic mass is 10.1. The summed E-state index contributed by atoms with van der Waals surface area (Å²) in [7, 11) is 3.58. The number of ether oxygens (including phenoxy) is 1. The maximum absolute atomic E-state index is 5.37. The van der Waals surface area contributed by atoms with Gasteiger partial charge in [-0.2, -0.15) is 5.10 Å². The van der Waals surface area contributed by atoms with E-state index in [1.165, 1.54) is 0 Å². The van der Waals surface area contributed by atoms with Crippen LogP contribution in [0, 0.1) is 0 Å². The largest absolute Gasteiger partial charge is 0.494 e. The number of methoxy groups -OCH3 is 1. The van der Waals surface area contributed by atoms with Crippen LogP contribution in [-0.2, 0) is 7.05 Å². The van der Waals surface area contributed by atoms with Crippen molar-refractivity contribution in [2.45, 2.75) is 13.0 Å². The molecule has 1 N–H and O–H groups in total. The Morgan fingerprint density at radius 3 is 2.86 bits per heavy atom. The number of hydrogen-bond acceptors (Lipinski definition) is 4. The van der Waals surface area contributed by atoms with E-state index in [2.05, 4.69) is 22.3 Å². The number of rotatable bonds is 4. The third-order valence-electron chi connectivity index (χ3n) is 3.55. The number of nitrogens with zero attached hydrogens (tertiary/aromatic N) is 3. The predicted octanol–water partition coefficient (Wildman–Crippen LogP) is 3.15. The van der Waals surface area contributed by atoms with Gasteiger partial charge in [0, 0.05) is 36.1 Å². The van der Waals surface area contributed by atoms with Crippen molar-refractivity contribution >= 4 is 16.6 Å². The minimum atomic E-state index is 0.163. The number of anilines is 1. The fourth-order valence-electron chi connectivity index (χ4n) is 2.42. The fraction of sp³-hybridized carbons (Fsp3) is 0.250. The summed E-state index contributed by atoms with van der Waals surface area (Å²) in [5.74, 6) is 0.783. The van der Waals surface area contributed by atoms with E-state index < -0.39 is 0 Å². The van der Waals surface area contributed by atoms with E-state index in [1.54, 1.807) is 18.0 Å². The van der Waals surface area contributed by atoms with Crippen LogP contribution in [0.25, 0.3) is 10.9 Å². The van der Waals surface area contributed by atoms with Gasteiger partial charge >= 0.3 is 0 Å². The zero-order chi connectivity index (χ0) is 14.8. The highest BCUT2D eigenvalue weighted by Gasteiger charge is 2.11. The molecule has 0 unspecified atom stereocenters. The smallest absolute Gasteiger partial charge is 0.145 e. The molecule has 0 spiro atoms. The lowest BCUT2D eigenvalue weighted by molar-refractivity contribution is 0.419. The SMILES string of the molecule is COc1cccc2c(N[C@H](C)c3cnn(C)c3)ccnc12. The van der Waals surface area contributed by atoms with Gasteiger partial charge in [0.15, 0.2) is 0 Å². The number of benzene rings is 1. The summed E-state index contributed by atoms with van der Waals surface area (Å²) in [6, 6.07) is 8.08. The minimum Gasteiger partial charge on any atom is -0.494 e. The van der Waals surface area contributed by atoms with E-state index >= 15 is 0 Å². The maximum atomic E-state index is 5.37. The number of pyridine rings is 1. The first-order valence-corrected chi connectivity index (χ1v) is 6.86. The molecule has 5 heteroatoms. The van der Waals surface area contributed by atoms with Crippen molar-refractivity contribution in [3.05, 3.63) is 48.4 Å². The topological polar surface area (TPSA) is 52.0 Å². The third kappa shape index (κ3) is 2.54. The number of aryl methyl sites for hydroxylation is 1. The number of aromatic nitrogens is 3. The molecule has 5 nitrogen and oxygen atoms in total. The van der Waals surface area contributed by atoms with Crippen LogP contribution in [0.1, 0.15) is 18.5 Å². The minimum absolute atomic E-state index is 0.163. The van der Waals surface area contributed by atoms with Gasteiger partial charge in [-0.15, -0.1) is 0 Å². The summed E-state index contributed by atoms with van der Waals surface area (Å²) in [6.45, 7) is 2.11. The Labute approximate surface area is 123 Å². The number of hydrogen-bond donors (Lipinski definition) is 1. The molecule has 1 aromatic carbocycles. The first-order chi connectivity index (χ1) is 10.2. The van der Waals surface area contributed by atoms with Crippen LogP contribution < -0.4 is 10.1 Å². The van der Waals surface area contributed by atoms with Crippen molar-refractivity contribution in [2.75, 3.05) is 12.4 Å². The van der Waals surface area contributed by atoms with Gasteiger partial charge in [0.05, 0.1) is 19.3 Å². The second-order valence-corrected chi connectivity index (χ2v) is 5.03. The predicted molar refractivity (Wildman–Crippen MR) is 83.5 cm³/mol. The van der Waals surface area contributed by atoms with Crippen LogP contribution in [0.4, 0.5) is 5.69 Å². The van der Waals surface area contributed by atoms with Gasteiger partial charge in [0.1, 0.15) is 11.3 Å². The molecular formula is C16H18N4O. The van der Waals surface area contributed by atoms with E-state index in [1.807, 2.05) is 43.7 Å². The molecule has 3 rings (SSSR count). The molecule has 2 aromatic heterocycles. The van der Waals surface area contributed by atoms with E-state index in [0.29, 0.717) is 0 Å². The summed E-state index contributed by atoms with van der Waals surface area (Å²) in [4.78, 5) is 4.42. The van der Waals surface area contributed by atoms with Crippen LogP contribution in [0.2, 0.25) is 0 Å². The Hall–Kier alpha value is -2.56. The van der Waals surface area contributed by atoms with Crippen molar-refractivity contribution in [2.24, 2.45) is 7.05 Å². The molecule has 0 amide bonds. The lowest BCUT2D eigenvalue weighted by Gasteiger charge is -2.16. The van der Waals surface area contributed by atoms with Crippen molar-refractivity contribution in [3.8, 4) is 5.75 Å². The van der Waals surface area contributed by atoms with Gasteiger partial charge in [-0.3, -0.25) is 9.67 Å². The Bertz CT molecular complexity index is 766. The van der Waals surface area contributed by atoms with E-state index in [0.717, 1.165) is 27.9 Å². The van der Waals surface area contributed by atoms with E-state index in [-0.39, 0.29) is 6.04 Å². The summed E-state index contributed by atoms with van der Waals surface area (Å²) in [5, 5.41) is 8.78. The van der Waals surface area contributed by atoms with Gasteiger partial charge in [-0.25, -0.2) is 0 Å². The van der Waals surface area contributed by atoms with Gasteiger partial charge in [0.25, 0.3) is 0 Å². The Morgan fingerprint density at radius 2 is 2.14 bits per heavy atom. The zero-order valence-electron chi connectivity index (χ0n) is 12.4. The van der Waals surface area contributed by atoms with Crippen molar-refractivity contribution in [3.63, 3.8) is 0 Å². The van der Waals surface area contributed by atoms with Crippen LogP contribution in [0.5, 0.6) is 5.75 Å². The Balaban J connectivity index is 1.97. The van der Waals surface area contributed by atoms with Gasteiger partial charge in [-0.05, 0) is 19.1 Å². The maximum Gasteiger partial charge on any atom is 0.145 e. The summed E-state index contributed by atoms with van der Waals surface area (Å²) in [5.41, 5.74) is 3.05. The second kappa shape index (κ2) is 5.44. The zero-order valence-corrected chi connectivity index (χ0v) is 12.4. The van der Waals surface area contributed by atoms with Crippen LogP contribution >= 0.6 is 0 Å². The number of nitrogens with one attached hydrogen (secondary N) is 1. The first kappa shape index (κ1) is 13.4. The van der Waals surface area contributed by atoms with Gasteiger partial charge < -0.3 is 10.1 Å². The average molecular weight is 282 g/mol. The highest BCUT2D eigenvalue weighted by molar-refractivity contribution is 5.94. The average Bonchev–Trinajstić information content (AvgIpc) is 2.93. The second-order valence-electron chi connectivity index (χ2n) is 5.03. The third-order valence-corrected chi connectivity index (χ3v) is 3.55.